The van der Waals surface area contributed by atoms with Crippen molar-refractivity contribution in [2.45, 2.75) is 57.8 Å². The third kappa shape index (κ3) is 1.88. The summed E-state index contributed by atoms with van der Waals surface area (Å²) in [5.74, 6) is 1.92. The van der Waals surface area contributed by atoms with Crippen LogP contribution < -0.4 is 0 Å². The average Bonchev–Trinajstić information content (AvgIpc) is 2.38. The van der Waals surface area contributed by atoms with Crippen molar-refractivity contribution in [3.63, 3.8) is 0 Å². The van der Waals surface area contributed by atoms with Gasteiger partial charge in [-0.25, -0.2) is 0 Å². The van der Waals surface area contributed by atoms with Crippen LogP contribution in [-0.2, 0) is 4.79 Å². The fourth-order valence-electron chi connectivity index (χ4n) is 4.89. The van der Waals surface area contributed by atoms with Crippen molar-refractivity contribution in [1.29, 1.82) is 0 Å². The Morgan fingerprint density at radius 1 is 1.28 bits per heavy atom. The Bertz CT molecular complexity index is 392. The highest BCUT2D eigenvalue weighted by Crippen LogP contribution is 2.58. The van der Waals surface area contributed by atoms with Gasteiger partial charge < -0.3 is 0 Å². The van der Waals surface area contributed by atoms with Gasteiger partial charge in [-0.3, -0.25) is 4.79 Å². The lowest BCUT2D eigenvalue weighted by atomic mass is 9.52. The number of allylic oxidation sites excluding steroid dienone is 3. The first-order valence-electron chi connectivity index (χ1n) is 7.59. The van der Waals surface area contributed by atoms with Gasteiger partial charge in [0.25, 0.3) is 0 Å². The molecule has 0 heterocycles. The molecule has 2 saturated carbocycles. The number of carbonyl (C=O) groups excluding carboxylic acids is 1. The van der Waals surface area contributed by atoms with Gasteiger partial charge in [0.05, 0.1) is 0 Å². The third-order valence-electron chi connectivity index (χ3n) is 5.70. The number of hydrogen-bond acceptors (Lipinski definition) is 1. The minimum absolute atomic E-state index is 0.369. The van der Waals surface area contributed by atoms with E-state index in [9.17, 15) is 4.79 Å². The zero-order chi connectivity index (χ0) is 12.6. The summed E-state index contributed by atoms with van der Waals surface area (Å²) in [6.07, 6.45) is 15.2. The second kappa shape index (κ2) is 4.68. The highest BCUT2D eigenvalue weighted by molar-refractivity contribution is 5.91. The van der Waals surface area contributed by atoms with E-state index in [1.165, 1.54) is 50.5 Å². The van der Waals surface area contributed by atoms with Crippen LogP contribution in [-0.4, -0.2) is 5.78 Å². The number of ketones is 1. The first-order chi connectivity index (χ1) is 8.75. The van der Waals surface area contributed by atoms with Crippen LogP contribution in [0.5, 0.6) is 0 Å². The molecular formula is C17H24O. The molecule has 0 amide bonds. The summed E-state index contributed by atoms with van der Waals surface area (Å²) in [6.45, 7) is 3.99. The summed E-state index contributed by atoms with van der Waals surface area (Å²) in [5.41, 5.74) is 2.01. The lowest BCUT2D eigenvalue weighted by Crippen LogP contribution is -2.43. The van der Waals surface area contributed by atoms with Gasteiger partial charge in [0.15, 0.2) is 5.78 Å². The van der Waals surface area contributed by atoms with Gasteiger partial charge in [-0.1, -0.05) is 24.5 Å². The molecule has 0 spiro atoms. The smallest absolute Gasteiger partial charge is 0.155 e. The van der Waals surface area contributed by atoms with Crippen LogP contribution in [0.3, 0.4) is 0 Å². The molecule has 3 aliphatic rings. The summed E-state index contributed by atoms with van der Waals surface area (Å²) in [5, 5.41) is 0. The van der Waals surface area contributed by atoms with E-state index in [0.29, 0.717) is 11.2 Å². The molecule has 2 unspecified atom stereocenters. The largest absolute Gasteiger partial charge is 0.295 e. The third-order valence-corrected chi connectivity index (χ3v) is 5.70. The van der Waals surface area contributed by atoms with Crippen molar-refractivity contribution >= 4 is 5.78 Å². The predicted molar refractivity (Wildman–Crippen MR) is 74.3 cm³/mol. The SMILES string of the molecule is C=CC[C@]12CCCCC1C1CCC(=O)C=C1CC2. The van der Waals surface area contributed by atoms with Gasteiger partial charge in [0.2, 0.25) is 0 Å². The zero-order valence-corrected chi connectivity index (χ0v) is 11.3. The van der Waals surface area contributed by atoms with Crippen LogP contribution in [0.2, 0.25) is 0 Å². The maximum atomic E-state index is 11.6. The Hall–Kier alpha value is -0.850. The van der Waals surface area contributed by atoms with Crippen molar-refractivity contribution in [3.05, 3.63) is 24.3 Å². The summed E-state index contributed by atoms with van der Waals surface area (Å²) in [4.78, 5) is 11.6. The number of rotatable bonds is 2. The van der Waals surface area contributed by atoms with E-state index in [1.807, 2.05) is 6.08 Å². The Balaban J connectivity index is 1.91. The molecule has 0 aromatic carbocycles. The van der Waals surface area contributed by atoms with Gasteiger partial charge in [-0.05, 0) is 61.9 Å². The van der Waals surface area contributed by atoms with E-state index >= 15 is 0 Å². The molecule has 3 atom stereocenters. The van der Waals surface area contributed by atoms with Gasteiger partial charge in [-0.15, -0.1) is 6.58 Å². The molecule has 0 N–H and O–H groups in total. The average molecular weight is 244 g/mol. The molecule has 0 bridgehead atoms. The molecule has 0 aliphatic heterocycles. The summed E-state index contributed by atoms with van der Waals surface area (Å²) < 4.78 is 0. The van der Waals surface area contributed by atoms with E-state index in [1.54, 1.807) is 0 Å². The molecule has 98 valence electrons. The topological polar surface area (TPSA) is 17.1 Å². The van der Waals surface area contributed by atoms with Crippen LogP contribution in [0, 0.1) is 17.3 Å². The molecule has 0 aromatic rings. The molecule has 0 aromatic heterocycles. The normalized spacial score (nSPS) is 39.6. The number of carbonyl (C=O) groups is 1. The predicted octanol–water partition coefficient (Wildman–Crippen LogP) is 4.44. The molecule has 3 rings (SSSR count). The van der Waals surface area contributed by atoms with Crippen LogP contribution >= 0.6 is 0 Å². The fourth-order valence-corrected chi connectivity index (χ4v) is 4.89. The van der Waals surface area contributed by atoms with Crippen LogP contribution in [0.4, 0.5) is 0 Å². The highest BCUT2D eigenvalue weighted by Gasteiger charge is 2.47. The zero-order valence-electron chi connectivity index (χ0n) is 11.3. The van der Waals surface area contributed by atoms with Crippen LogP contribution in [0.25, 0.3) is 0 Å². The standard InChI is InChI=1S/C17H24O/c1-2-9-17-10-4-3-5-16(17)15-7-6-14(18)12-13(15)8-11-17/h2,12,15-16H,1,3-11H2/t15?,16?,17-/m1/s1. The highest BCUT2D eigenvalue weighted by atomic mass is 16.1. The quantitative estimate of drug-likeness (QED) is 0.656. The molecule has 3 aliphatic carbocycles. The lowest BCUT2D eigenvalue weighted by molar-refractivity contribution is -0.116. The molecular weight excluding hydrogens is 220 g/mol. The first-order valence-corrected chi connectivity index (χ1v) is 7.59. The molecule has 0 saturated heterocycles. The van der Waals surface area contributed by atoms with Gasteiger partial charge in [-0.2, -0.15) is 0 Å². The Labute approximate surface area is 110 Å². The minimum Gasteiger partial charge on any atom is -0.295 e. The van der Waals surface area contributed by atoms with E-state index < -0.39 is 0 Å². The number of hydrogen-bond donors (Lipinski definition) is 0. The van der Waals surface area contributed by atoms with E-state index in [0.717, 1.165) is 24.7 Å². The molecule has 0 radical (unpaired) electrons. The second-order valence-corrected chi connectivity index (χ2v) is 6.54. The van der Waals surface area contributed by atoms with Crippen molar-refractivity contribution in [3.8, 4) is 0 Å². The van der Waals surface area contributed by atoms with E-state index in [2.05, 4.69) is 12.7 Å². The molecule has 1 heteroatoms. The molecule has 2 fully saturated rings. The van der Waals surface area contributed by atoms with Crippen molar-refractivity contribution < 1.29 is 4.79 Å². The lowest BCUT2D eigenvalue weighted by Gasteiger charge is -2.53. The number of fused-ring (bicyclic) bond motifs is 3. The molecule has 18 heavy (non-hydrogen) atoms. The van der Waals surface area contributed by atoms with Crippen molar-refractivity contribution in [2.75, 3.05) is 0 Å². The van der Waals surface area contributed by atoms with Crippen LogP contribution in [0.15, 0.2) is 24.3 Å². The van der Waals surface area contributed by atoms with Gasteiger partial charge >= 0.3 is 0 Å². The Morgan fingerprint density at radius 3 is 3.00 bits per heavy atom. The second-order valence-electron chi connectivity index (χ2n) is 6.54. The summed E-state index contributed by atoms with van der Waals surface area (Å²) in [6, 6.07) is 0. The maximum absolute atomic E-state index is 11.6. The fraction of sp³-hybridized carbons (Fsp3) is 0.706. The van der Waals surface area contributed by atoms with Crippen molar-refractivity contribution in [2.24, 2.45) is 17.3 Å². The minimum atomic E-state index is 0.369. The maximum Gasteiger partial charge on any atom is 0.155 e. The Kier molecular flexibility index (Phi) is 3.17. The summed E-state index contributed by atoms with van der Waals surface area (Å²) >= 11 is 0. The van der Waals surface area contributed by atoms with E-state index in [-0.39, 0.29) is 0 Å². The van der Waals surface area contributed by atoms with Crippen molar-refractivity contribution in [1.82, 2.24) is 0 Å². The Morgan fingerprint density at radius 2 is 2.17 bits per heavy atom. The summed E-state index contributed by atoms with van der Waals surface area (Å²) in [7, 11) is 0. The monoisotopic (exact) mass is 244 g/mol. The first kappa shape index (κ1) is 12.2. The van der Waals surface area contributed by atoms with Gasteiger partial charge in [0, 0.05) is 6.42 Å². The van der Waals surface area contributed by atoms with Crippen LogP contribution in [0.1, 0.15) is 57.8 Å². The van der Waals surface area contributed by atoms with Gasteiger partial charge in [0.1, 0.15) is 0 Å². The van der Waals surface area contributed by atoms with E-state index in [4.69, 9.17) is 0 Å². The molecule has 1 nitrogen and oxygen atoms in total.